The van der Waals surface area contributed by atoms with Crippen molar-refractivity contribution in [3.05, 3.63) is 17.8 Å². The normalized spacial score (nSPS) is 23.2. The van der Waals surface area contributed by atoms with Gasteiger partial charge in [0.15, 0.2) is 5.89 Å². The first kappa shape index (κ1) is 12.0. The van der Waals surface area contributed by atoms with E-state index < -0.39 is 0 Å². The van der Waals surface area contributed by atoms with E-state index in [0.29, 0.717) is 5.25 Å². The van der Waals surface area contributed by atoms with Crippen molar-refractivity contribution in [1.82, 2.24) is 4.98 Å². The quantitative estimate of drug-likeness (QED) is 0.880. The van der Waals surface area contributed by atoms with Gasteiger partial charge >= 0.3 is 0 Å². The second kappa shape index (κ2) is 5.73. The molecule has 2 rings (SSSR count). The minimum Gasteiger partial charge on any atom is -0.445 e. The van der Waals surface area contributed by atoms with Crippen molar-refractivity contribution in [3.8, 4) is 0 Å². The monoisotopic (exact) mass is 241 g/mol. The van der Waals surface area contributed by atoms with Crippen molar-refractivity contribution in [3.63, 3.8) is 0 Å². The molecule has 3 nitrogen and oxygen atoms in total. The molecule has 2 unspecified atom stereocenters. The Labute approximate surface area is 101 Å². The second-order valence-corrected chi connectivity index (χ2v) is 5.84. The standard InChI is InChI=1S/C12H19NO2S/c1-9(8-14)11-7-13-12(15-11)6-10-4-2-3-5-16-10/h7,9-10,14H,2-6,8H2,1H3. The van der Waals surface area contributed by atoms with E-state index in [1.54, 1.807) is 6.20 Å². The topological polar surface area (TPSA) is 46.3 Å². The largest absolute Gasteiger partial charge is 0.445 e. The van der Waals surface area contributed by atoms with Gasteiger partial charge in [-0.15, -0.1) is 0 Å². The number of aliphatic hydroxyl groups excluding tert-OH is 1. The highest BCUT2D eigenvalue weighted by Crippen LogP contribution is 2.28. The van der Waals surface area contributed by atoms with Crippen LogP contribution >= 0.6 is 11.8 Å². The lowest BCUT2D eigenvalue weighted by molar-refractivity contribution is 0.255. The molecule has 0 amide bonds. The molecule has 1 aromatic heterocycles. The highest BCUT2D eigenvalue weighted by molar-refractivity contribution is 7.99. The van der Waals surface area contributed by atoms with Gasteiger partial charge in [-0.2, -0.15) is 11.8 Å². The van der Waals surface area contributed by atoms with E-state index in [4.69, 9.17) is 9.52 Å². The highest BCUT2D eigenvalue weighted by atomic mass is 32.2. The molecule has 4 heteroatoms. The highest BCUT2D eigenvalue weighted by Gasteiger charge is 2.18. The van der Waals surface area contributed by atoms with Gasteiger partial charge in [0, 0.05) is 17.6 Å². The third kappa shape index (κ3) is 3.01. The van der Waals surface area contributed by atoms with Gasteiger partial charge in [-0.3, -0.25) is 0 Å². The number of thioether (sulfide) groups is 1. The fourth-order valence-electron chi connectivity index (χ4n) is 1.90. The lowest BCUT2D eigenvalue weighted by Crippen LogP contribution is -2.12. The Balaban J connectivity index is 1.91. The summed E-state index contributed by atoms with van der Waals surface area (Å²) in [5, 5.41) is 9.70. The van der Waals surface area contributed by atoms with Crippen LogP contribution < -0.4 is 0 Å². The van der Waals surface area contributed by atoms with Crippen LogP contribution in [0, 0.1) is 0 Å². The van der Waals surface area contributed by atoms with E-state index in [1.807, 2.05) is 18.7 Å². The molecule has 16 heavy (non-hydrogen) atoms. The van der Waals surface area contributed by atoms with Crippen LogP contribution in [0.5, 0.6) is 0 Å². The number of hydrogen-bond donors (Lipinski definition) is 1. The van der Waals surface area contributed by atoms with Crippen LogP contribution in [0.2, 0.25) is 0 Å². The van der Waals surface area contributed by atoms with Gasteiger partial charge in [0.2, 0.25) is 0 Å². The molecule has 1 aliphatic rings. The van der Waals surface area contributed by atoms with Crippen LogP contribution in [-0.2, 0) is 6.42 Å². The van der Waals surface area contributed by atoms with Crippen molar-refractivity contribution < 1.29 is 9.52 Å². The molecule has 1 aliphatic heterocycles. The van der Waals surface area contributed by atoms with Gasteiger partial charge in [-0.05, 0) is 18.6 Å². The molecule has 1 fully saturated rings. The number of aliphatic hydroxyl groups is 1. The molecule has 1 saturated heterocycles. The Bertz CT molecular complexity index is 321. The fourth-order valence-corrected chi connectivity index (χ4v) is 3.20. The lowest BCUT2D eigenvalue weighted by atomic mass is 10.1. The molecule has 0 radical (unpaired) electrons. The molecule has 0 spiro atoms. The van der Waals surface area contributed by atoms with Gasteiger partial charge in [-0.1, -0.05) is 13.3 Å². The molecule has 0 bridgehead atoms. The summed E-state index contributed by atoms with van der Waals surface area (Å²) in [7, 11) is 0. The van der Waals surface area contributed by atoms with E-state index in [0.717, 1.165) is 18.1 Å². The third-order valence-electron chi connectivity index (χ3n) is 3.01. The summed E-state index contributed by atoms with van der Waals surface area (Å²) in [6.45, 7) is 2.06. The fraction of sp³-hybridized carbons (Fsp3) is 0.750. The first-order valence-corrected chi connectivity index (χ1v) is 7.01. The van der Waals surface area contributed by atoms with E-state index >= 15 is 0 Å². The molecular weight excluding hydrogens is 222 g/mol. The second-order valence-electron chi connectivity index (χ2n) is 4.43. The molecule has 0 saturated carbocycles. The molecule has 2 atom stereocenters. The summed E-state index contributed by atoms with van der Waals surface area (Å²) in [5.74, 6) is 2.96. The average Bonchev–Trinajstić information content (AvgIpc) is 2.78. The smallest absolute Gasteiger partial charge is 0.195 e. The summed E-state index contributed by atoms with van der Waals surface area (Å²) in [6, 6.07) is 0. The number of hydrogen-bond acceptors (Lipinski definition) is 4. The predicted octanol–water partition coefficient (Wildman–Crippen LogP) is 2.60. The predicted molar refractivity (Wildman–Crippen MR) is 65.8 cm³/mol. The van der Waals surface area contributed by atoms with Crippen molar-refractivity contribution in [2.24, 2.45) is 0 Å². The minimum atomic E-state index is 0.0558. The SMILES string of the molecule is CC(CO)c1cnc(CC2CCCCS2)o1. The molecule has 2 heterocycles. The zero-order valence-electron chi connectivity index (χ0n) is 9.69. The molecule has 0 aliphatic carbocycles. The molecular formula is C12H19NO2S. The van der Waals surface area contributed by atoms with Gasteiger partial charge in [-0.25, -0.2) is 4.98 Å². The van der Waals surface area contributed by atoms with Crippen LogP contribution in [-0.4, -0.2) is 27.7 Å². The first-order chi connectivity index (χ1) is 7.79. The van der Waals surface area contributed by atoms with Gasteiger partial charge in [0.25, 0.3) is 0 Å². The van der Waals surface area contributed by atoms with Crippen molar-refractivity contribution in [1.29, 1.82) is 0 Å². The molecule has 1 N–H and O–H groups in total. The van der Waals surface area contributed by atoms with Gasteiger partial charge in [0.05, 0.1) is 12.8 Å². The van der Waals surface area contributed by atoms with Crippen molar-refractivity contribution in [2.75, 3.05) is 12.4 Å². The van der Waals surface area contributed by atoms with Gasteiger partial charge < -0.3 is 9.52 Å². The van der Waals surface area contributed by atoms with Crippen LogP contribution in [0.15, 0.2) is 10.6 Å². The maximum Gasteiger partial charge on any atom is 0.195 e. The Hall–Kier alpha value is -0.480. The third-order valence-corrected chi connectivity index (χ3v) is 4.41. The lowest BCUT2D eigenvalue weighted by Gasteiger charge is -2.19. The Kier molecular flexibility index (Phi) is 4.29. The zero-order chi connectivity index (χ0) is 11.4. The summed E-state index contributed by atoms with van der Waals surface area (Å²) in [6.07, 6.45) is 6.64. The molecule has 1 aromatic rings. The summed E-state index contributed by atoms with van der Waals surface area (Å²) in [4.78, 5) is 4.29. The van der Waals surface area contributed by atoms with E-state index in [-0.39, 0.29) is 12.5 Å². The van der Waals surface area contributed by atoms with E-state index in [2.05, 4.69) is 4.98 Å². The maximum absolute atomic E-state index is 9.03. The summed E-state index contributed by atoms with van der Waals surface area (Å²) >= 11 is 2.03. The number of nitrogens with zero attached hydrogens (tertiary/aromatic N) is 1. The Morgan fingerprint density at radius 2 is 2.50 bits per heavy atom. The van der Waals surface area contributed by atoms with Crippen LogP contribution in [0.3, 0.4) is 0 Å². The van der Waals surface area contributed by atoms with Crippen LogP contribution in [0.4, 0.5) is 0 Å². The van der Waals surface area contributed by atoms with Gasteiger partial charge in [0.1, 0.15) is 5.76 Å². The van der Waals surface area contributed by atoms with Crippen LogP contribution in [0.25, 0.3) is 0 Å². The zero-order valence-corrected chi connectivity index (χ0v) is 10.5. The number of rotatable bonds is 4. The van der Waals surface area contributed by atoms with Crippen LogP contribution in [0.1, 0.15) is 43.8 Å². The Morgan fingerprint density at radius 3 is 3.19 bits per heavy atom. The first-order valence-electron chi connectivity index (χ1n) is 5.96. The van der Waals surface area contributed by atoms with E-state index in [1.165, 1.54) is 25.0 Å². The summed E-state index contributed by atoms with van der Waals surface area (Å²) in [5.41, 5.74) is 0. The Morgan fingerprint density at radius 1 is 1.62 bits per heavy atom. The average molecular weight is 241 g/mol. The van der Waals surface area contributed by atoms with Crippen molar-refractivity contribution in [2.45, 2.75) is 43.8 Å². The number of oxazole rings is 1. The number of aromatic nitrogens is 1. The summed E-state index contributed by atoms with van der Waals surface area (Å²) < 4.78 is 5.65. The molecule has 0 aromatic carbocycles. The maximum atomic E-state index is 9.03. The minimum absolute atomic E-state index is 0.0558. The van der Waals surface area contributed by atoms with E-state index in [9.17, 15) is 0 Å². The van der Waals surface area contributed by atoms with Crippen molar-refractivity contribution >= 4 is 11.8 Å². The molecule has 90 valence electrons.